The molecule has 3 aromatic rings. The summed E-state index contributed by atoms with van der Waals surface area (Å²) in [5.74, 6) is 1.58. The van der Waals surface area contributed by atoms with Gasteiger partial charge in [-0.3, -0.25) is 0 Å². The van der Waals surface area contributed by atoms with Crippen molar-refractivity contribution in [3.8, 4) is 5.88 Å². The molecule has 0 saturated heterocycles. The minimum absolute atomic E-state index is 0.255. The smallest absolute Gasteiger partial charge is 0.235 e. The van der Waals surface area contributed by atoms with Crippen molar-refractivity contribution in [1.82, 2.24) is 19.2 Å². The van der Waals surface area contributed by atoms with Crippen LogP contribution in [0.15, 0.2) is 17.5 Å². The van der Waals surface area contributed by atoms with Crippen LogP contribution in [-0.4, -0.2) is 45.5 Å². The zero-order valence-electron chi connectivity index (χ0n) is 15.4. The molecule has 3 aromatic heterocycles. The van der Waals surface area contributed by atoms with Crippen molar-refractivity contribution in [1.29, 1.82) is 0 Å². The largest absolute Gasteiger partial charge is 0.473 e. The molecule has 4 rings (SSSR count). The van der Waals surface area contributed by atoms with E-state index in [0.717, 1.165) is 40.5 Å². The monoisotopic (exact) mass is 388 g/mol. The lowest BCUT2D eigenvalue weighted by molar-refractivity contribution is 0.108. The molecule has 1 saturated carbocycles. The number of hydrogen-bond acceptors (Lipinski definition) is 7. The van der Waals surface area contributed by atoms with E-state index in [0.29, 0.717) is 12.5 Å². The summed E-state index contributed by atoms with van der Waals surface area (Å²) in [7, 11) is 4.33. The maximum Gasteiger partial charge on any atom is 0.235 e. The van der Waals surface area contributed by atoms with E-state index < -0.39 is 0 Å². The first-order chi connectivity index (χ1) is 12.6. The third-order valence-electron chi connectivity index (χ3n) is 4.98. The SMILES string of the molecule is Cc1cc(Cc2nc(OC3CCC(N(C)C)CC3)c3sccc3n2)sn1. The van der Waals surface area contributed by atoms with Gasteiger partial charge in [0.2, 0.25) is 5.88 Å². The van der Waals surface area contributed by atoms with Gasteiger partial charge in [-0.15, -0.1) is 11.3 Å². The first kappa shape index (κ1) is 17.8. The molecule has 138 valence electrons. The Morgan fingerprint density at radius 1 is 1.19 bits per heavy atom. The highest BCUT2D eigenvalue weighted by atomic mass is 32.1. The normalized spacial score (nSPS) is 20.8. The Morgan fingerprint density at radius 3 is 2.69 bits per heavy atom. The molecule has 0 aromatic carbocycles. The van der Waals surface area contributed by atoms with Crippen LogP contribution in [0.25, 0.3) is 10.2 Å². The Labute approximate surface area is 162 Å². The number of ether oxygens (including phenoxy) is 1. The van der Waals surface area contributed by atoms with E-state index in [1.54, 1.807) is 11.3 Å². The number of fused-ring (bicyclic) bond motifs is 1. The van der Waals surface area contributed by atoms with Crippen molar-refractivity contribution < 1.29 is 4.74 Å². The second kappa shape index (κ2) is 7.58. The van der Waals surface area contributed by atoms with Gasteiger partial charge in [-0.1, -0.05) is 0 Å². The zero-order valence-corrected chi connectivity index (χ0v) is 17.1. The molecule has 26 heavy (non-hydrogen) atoms. The van der Waals surface area contributed by atoms with Crippen molar-refractivity contribution in [3.63, 3.8) is 0 Å². The lowest BCUT2D eigenvalue weighted by atomic mass is 9.92. The lowest BCUT2D eigenvalue weighted by Gasteiger charge is -2.32. The van der Waals surface area contributed by atoms with E-state index in [2.05, 4.69) is 40.9 Å². The lowest BCUT2D eigenvalue weighted by Crippen LogP contribution is -2.35. The summed E-state index contributed by atoms with van der Waals surface area (Å²) in [6.45, 7) is 2.02. The second-order valence-electron chi connectivity index (χ2n) is 7.20. The molecule has 0 atom stereocenters. The Kier molecular flexibility index (Phi) is 5.20. The molecule has 1 aliphatic rings. The number of aromatic nitrogens is 3. The summed E-state index contributed by atoms with van der Waals surface area (Å²) in [4.78, 5) is 13.0. The molecule has 0 N–H and O–H groups in total. The molecule has 7 heteroatoms. The third kappa shape index (κ3) is 3.89. The van der Waals surface area contributed by atoms with Crippen molar-refractivity contribution in [3.05, 3.63) is 33.9 Å². The van der Waals surface area contributed by atoms with Crippen LogP contribution in [0.3, 0.4) is 0 Å². The van der Waals surface area contributed by atoms with Crippen molar-refractivity contribution in [2.75, 3.05) is 14.1 Å². The van der Waals surface area contributed by atoms with E-state index in [1.165, 1.54) is 29.3 Å². The predicted octanol–water partition coefficient (Wildman–Crippen LogP) is 4.30. The highest BCUT2D eigenvalue weighted by molar-refractivity contribution is 7.17. The van der Waals surface area contributed by atoms with E-state index in [9.17, 15) is 0 Å². The standard InChI is InChI=1S/C19H24N4OS2/c1-12-10-15(26-22-12)11-17-20-16-8-9-25-18(16)19(21-17)24-14-6-4-13(5-7-14)23(2)3/h8-10,13-14H,4-7,11H2,1-3H3. The summed E-state index contributed by atoms with van der Waals surface area (Å²) < 4.78 is 11.8. The first-order valence-electron chi connectivity index (χ1n) is 9.08. The minimum atomic E-state index is 0.255. The molecule has 0 bridgehead atoms. The first-order valence-corrected chi connectivity index (χ1v) is 10.7. The van der Waals surface area contributed by atoms with E-state index in [1.807, 2.05) is 6.92 Å². The molecule has 0 unspecified atom stereocenters. The van der Waals surface area contributed by atoms with Crippen LogP contribution < -0.4 is 4.74 Å². The number of rotatable bonds is 5. The van der Waals surface area contributed by atoms with Crippen LogP contribution in [0.4, 0.5) is 0 Å². The minimum Gasteiger partial charge on any atom is -0.473 e. The Bertz CT molecular complexity index is 881. The fourth-order valence-corrected chi connectivity index (χ4v) is 5.03. The van der Waals surface area contributed by atoms with Gasteiger partial charge in [-0.2, -0.15) is 9.36 Å². The third-order valence-corrected chi connectivity index (χ3v) is 6.75. The average molecular weight is 389 g/mol. The Hall–Kier alpha value is -1.57. The molecular weight excluding hydrogens is 364 g/mol. The summed E-state index contributed by atoms with van der Waals surface area (Å²) in [5.41, 5.74) is 2.04. The molecular formula is C19H24N4OS2. The van der Waals surface area contributed by atoms with Crippen molar-refractivity contribution in [2.45, 2.75) is 51.2 Å². The molecule has 0 amide bonds. The number of thiophene rings is 1. The number of nitrogens with zero attached hydrogens (tertiary/aromatic N) is 4. The fraction of sp³-hybridized carbons (Fsp3) is 0.526. The highest BCUT2D eigenvalue weighted by Gasteiger charge is 2.25. The summed E-state index contributed by atoms with van der Waals surface area (Å²) in [6, 6.07) is 4.83. The van der Waals surface area contributed by atoms with Crippen molar-refractivity contribution in [2.24, 2.45) is 0 Å². The van der Waals surface area contributed by atoms with Crippen LogP contribution in [-0.2, 0) is 6.42 Å². The van der Waals surface area contributed by atoms with Gasteiger partial charge in [0, 0.05) is 17.3 Å². The van der Waals surface area contributed by atoms with Gasteiger partial charge in [0.15, 0.2) is 0 Å². The number of hydrogen-bond donors (Lipinski definition) is 0. The summed E-state index contributed by atoms with van der Waals surface area (Å²) in [5, 5.41) is 2.07. The predicted molar refractivity (Wildman–Crippen MR) is 107 cm³/mol. The molecule has 1 aliphatic carbocycles. The molecule has 0 spiro atoms. The molecule has 0 aliphatic heterocycles. The van der Waals surface area contributed by atoms with Gasteiger partial charge >= 0.3 is 0 Å². The fourth-order valence-electron chi connectivity index (χ4n) is 3.53. The summed E-state index contributed by atoms with van der Waals surface area (Å²) in [6.07, 6.45) is 5.50. The summed E-state index contributed by atoms with van der Waals surface area (Å²) >= 11 is 3.18. The topological polar surface area (TPSA) is 51.1 Å². The second-order valence-corrected chi connectivity index (χ2v) is 9.01. The van der Waals surface area contributed by atoms with E-state index in [-0.39, 0.29) is 6.10 Å². The molecule has 1 fully saturated rings. The van der Waals surface area contributed by atoms with E-state index >= 15 is 0 Å². The van der Waals surface area contributed by atoms with Crippen LogP contribution in [0, 0.1) is 6.92 Å². The van der Waals surface area contributed by atoms with Crippen LogP contribution in [0.5, 0.6) is 5.88 Å². The molecule has 0 radical (unpaired) electrons. The maximum absolute atomic E-state index is 6.37. The van der Waals surface area contributed by atoms with E-state index in [4.69, 9.17) is 14.7 Å². The van der Waals surface area contributed by atoms with Crippen LogP contribution >= 0.6 is 22.9 Å². The van der Waals surface area contributed by atoms with Gasteiger partial charge in [0.1, 0.15) is 16.6 Å². The van der Waals surface area contributed by atoms with Crippen LogP contribution in [0.2, 0.25) is 0 Å². The van der Waals surface area contributed by atoms with Gasteiger partial charge in [-0.25, -0.2) is 4.98 Å². The van der Waals surface area contributed by atoms with Gasteiger partial charge in [0.25, 0.3) is 0 Å². The Balaban J connectivity index is 1.53. The molecule has 5 nitrogen and oxygen atoms in total. The van der Waals surface area contributed by atoms with Gasteiger partial charge in [-0.05, 0) is 75.7 Å². The average Bonchev–Trinajstić information content (AvgIpc) is 3.24. The van der Waals surface area contributed by atoms with Crippen LogP contribution in [0.1, 0.15) is 42.1 Å². The quantitative estimate of drug-likeness (QED) is 0.652. The van der Waals surface area contributed by atoms with Gasteiger partial charge in [0.05, 0.1) is 11.2 Å². The maximum atomic E-state index is 6.37. The van der Waals surface area contributed by atoms with Gasteiger partial charge < -0.3 is 9.64 Å². The number of aryl methyl sites for hydroxylation is 1. The van der Waals surface area contributed by atoms with Crippen molar-refractivity contribution >= 4 is 33.1 Å². The Morgan fingerprint density at radius 2 is 2.00 bits per heavy atom. The zero-order chi connectivity index (χ0) is 18.1. The highest BCUT2D eigenvalue weighted by Crippen LogP contribution is 2.32. The molecule has 3 heterocycles.